The average molecular weight is 426 g/mol. The molecule has 6 nitrogen and oxygen atoms in total. The number of benzene rings is 2. The summed E-state index contributed by atoms with van der Waals surface area (Å²) in [6, 6.07) is 12.1. The third-order valence-electron chi connectivity index (χ3n) is 4.63. The van der Waals surface area contributed by atoms with Crippen LogP contribution < -0.4 is 10.1 Å². The summed E-state index contributed by atoms with van der Waals surface area (Å²) in [4.78, 5) is 12.3. The molecule has 1 N–H and O–H groups in total. The van der Waals surface area contributed by atoms with Crippen LogP contribution in [-0.4, -0.2) is 21.9 Å². The Morgan fingerprint density at radius 3 is 2.40 bits per heavy atom. The van der Waals surface area contributed by atoms with E-state index in [4.69, 9.17) is 9.15 Å². The fourth-order valence-electron chi connectivity index (χ4n) is 3.13. The number of aryl methyl sites for hydroxylation is 3. The van der Waals surface area contributed by atoms with Crippen LogP contribution in [0.15, 0.2) is 46.0 Å². The van der Waals surface area contributed by atoms with Gasteiger partial charge in [-0.3, -0.25) is 4.79 Å². The third-order valence-corrected chi connectivity index (χ3v) is 5.44. The topological polar surface area (TPSA) is 77.2 Å². The zero-order valence-electron chi connectivity index (χ0n) is 18.0. The first-order chi connectivity index (χ1) is 14.3. The Morgan fingerprint density at radius 2 is 1.77 bits per heavy atom. The Bertz CT molecular complexity index is 990. The lowest BCUT2D eigenvalue weighted by Gasteiger charge is -2.12. The monoisotopic (exact) mass is 425 g/mol. The Hall–Kier alpha value is -2.80. The number of rotatable bonds is 8. The second kappa shape index (κ2) is 9.80. The van der Waals surface area contributed by atoms with E-state index in [1.807, 2.05) is 45.0 Å². The van der Waals surface area contributed by atoms with Crippen molar-refractivity contribution >= 4 is 23.4 Å². The first-order valence-corrected chi connectivity index (χ1v) is 10.9. The highest BCUT2D eigenvalue weighted by atomic mass is 32.2. The minimum Gasteiger partial charge on any atom is -0.484 e. The molecule has 3 aromatic rings. The maximum absolute atomic E-state index is 12.3. The van der Waals surface area contributed by atoms with Gasteiger partial charge in [-0.15, -0.1) is 10.2 Å². The lowest BCUT2D eigenvalue weighted by molar-refractivity contribution is -0.113. The molecule has 3 rings (SSSR count). The van der Waals surface area contributed by atoms with Crippen molar-refractivity contribution in [3.05, 3.63) is 64.5 Å². The van der Waals surface area contributed by atoms with Gasteiger partial charge in [0.15, 0.2) is 6.61 Å². The van der Waals surface area contributed by atoms with Crippen LogP contribution in [0.25, 0.3) is 0 Å². The van der Waals surface area contributed by atoms with E-state index in [2.05, 4.69) is 41.5 Å². The number of nitrogens with one attached hydrogen (secondary N) is 1. The number of carbonyl (C=O) groups is 1. The molecule has 0 spiro atoms. The molecular formula is C23H27N3O3S. The molecule has 0 atom stereocenters. The van der Waals surface area contributed by atoms with Gasteiger partial charge in [0.05, 0.1) is 5.75 Å². The smallest absolute Gasteiger partial charge is 0.277 e. The van der Waals surface area contributed by atoms with Gasteiger partial charge in [0, 0.05) is 5.69 Å². The number of aromatic nitrogens is 2. The first kappa shape index (κ1) is 21.9. The molecule has 0 saturated carbocycles. The molecule has 158 valence electrons. The van der Waals surface area contributed by atoms with E-state index in [0.717, 1.165) is 22.6 Å². The standard InChI is InChI=1S/C23H27N3O3S/c1-14(2)18-6-8-19(9-7-18)28-12-21-25-26-23(29-21)30-13-20(27)24-22-16(4)10-15(3)11-17(22)5/h6-11,14H,12-13H2,1-5H3,(H,24,27). The van der Waals surface area contributed by atoms with Crippen LogP contribution in [0.4, 0.5) is 5.69 Å². The molecule has 1 amide bonds. The molecule has 30 heavy (non-hydrogen) atoms. The predicted octanol–water partition coefficient (Wildman–Crippen LogP) is 5.43. The highest BCUT2D eigenvalue weighted by Crippen LogP contribution is 2.24. The molecule has 2 aromatic carbocycles. The van der Waals surface area contributed by atoms with Crippen molar-refractivity contribution in [2.24, 2.45) is 0 Å². The fourth-order valence-corrected chi connectivity index (χ4v) is 3.71. The SMILES string of the molecule is Cc1cc(C)c(NC(=O)CSc2nnc(COc3ccc(C(C)C)cc3)o2)c(C)c1. The second-order valence-electron chi connectivity index (χ2n) is 7.58. The summed E-state index contributed by atoms with van der Waals surface area (Å²) in [6.07, 6.45) is 0. The largest absolute Gasteiger partial charge is 0.484 e. The van der Waals surface area contributed by atoms with Gasteiger partial charge in [-0.2, -0.15) is 0 Å². The van der Waals surface area contributed by atoms with Crippen LogP contribution in [0.2, 0.25) is 0 Å². The van der Waals surface area contributed by atoms with Crippen molar-refractivity contribution in [3.63, 3.8) is 0 Å². The molecule has 0 aliphatic heterocycles. The predicted molar refractivity (Wildman–Crippen MR) is 119 cm³/mol. The van der Waals surface area contributed by atoms with Gasteiger partial charge in [0.2, 0.25) is 5.91 Å². The number of hydrogen-bond donors (Lipinski definition) is 1. The molecule has 0 radical (unpaired) electrons. The lowest BCUT2D eigenvalue weighted by atomic mass is 10.0. The molecule has 0 unspecified atom stereocenters. The van der Waals surface area contributed by atoms with Crippen molar-refractivity contribution in [2.75, 3.05) is 11.1 Å². The number of ether oxygens (including phenoxy) is 1. The van der Waals surface area contributed by atoms with Crippen molar-refractivity contribution < 1.29 is 13.9 Å². The molecule has 1 aromatic heterocycles. The van der Waals surface area contributed by atoms with Crippen molar-refractivity contribution in [2.45, 2.75) is 52.4 Å². The van der Waals surface area contributed by atoms with Gasteiger partial charge in [0.1, 0.15) is 5.75 Å². The summed E-state index contributed by atoms with van der Waals surface area (Å²) in [5, 5.41) is 11.3. The van der Waals surface area contributed by atoms with Gasteiger partial charge in [-0.05, 0) is 55.5 Å². The maximum atomic E-state index is 12.3. The zero-order chi connectivity index (χ0) is 21.7. The van der Waals surface area contributed by atoms with Crippen LogP contribution in [0.1, 0.15) is 47.9 Å². The van der Waals surface area contributed by atoms with Crippen molar-refractivity contribution in [1.29, 1.82) is 0 Å². The van der Waals surface area contributed by atoms with Crippen molar-refractivity contribution in [1.82, 2.24) is 10.2 Å². The second-order valence-corrected chi connectivity index (χ2v) is 8.51. The van der Waals surface area contributed by atoms with E-state index in [9.17, 15) is 4.79 Å². The Morgan fingerprint density at radius 1 is 1.10 bits per heavy atom. The first-order valence-electron chi connectivity index (χ1n) is 9.87. The number of hydrogen-bond acceptors (Lipinski definition) is 6. The van der Waals surface area contributed by atoms with Crippen LogP contribution in [0, 0.1) is 20.8 Å². The minimum atomic E-state index is -0.115. The molecule has 0 saturated heterocycles. The Kier molecular flexibility index (Phi) is 7.15. The minimum absolute atomic E-state index is 0.115. The van der Waals surface area contributed by atoms with E-state index >= 15 is 0 Å². The van der Waals surface area contributed by atoms with E-state index in [0.29, 0.717) is 17.0 Å². The summed E-state index contributed by atoms with van der Waals surface area (Å²) < 4.78 is 11.3. The van der Waals surface area contributed by atoms with Gasteiger partial charge in [0.25, 0.3) is 11.1 Å². The Labute approximate surface area is 181 Å². The highest BCUT2D eigenvalue weighted by molar-refractivity contribution is 7.99. The van der Waals surface area contributed by atoms with Gasteiger partial charge in [-0.25, -0.2) is 0 Å². The van der Waals surface area contributed by atoms with E-state index in [-0.39, 0.29) is 18.3 Å². The number of anilines is 1. The molecule has 0 bridgehead atoms. The van der Waals surface area contributed by atoms with Gasteiger partial charge in [-0.1, -0.05) is 55.4 Å². The van der Waals surface area contributed by atoms with Crippen LogP contribution in [0.5, 0.6) is 5.75 Å². The third kappa shape index (κ3) is 5.86. The number of carbonyl (C=O) groups excluding carboxylic acids is 1. The molecule has 1 heterocycles. The molecular weight excluding hydrogens is 398 g/mol. The number of nitrogens with zero attached hydrogens (tertiary/aromatic N) is 2. The quantitative estimate of drug-likeness (QED) is 0.485. The molecule has 0 fully saturated rings. The molecule has 0 aliphatic rings. The van der Waals surface area contributed by atoms with Crippen LogP contribution >= 0.6 is 11.8 Å². The molecule has 0 aliphatic carbocycles. The van der Waals surface area contributed by atoms with Crippen molar-refractivity contribution in [3.8, 4) is 5.75 Å². The summed E-state index contributed by atoms with van der Waals surface area (Å²) in [6.45, 7) is 10.5. The van der Waals surface area contributed by atoms with Gasteiger partial charge >= 0.3 is 0 Å². The summed E-state index contributed by atoms with van der Waals surface area (Å²) in [5.41, 5.74) is 5.38. The van der Waals surface area contributed by atoms with Crippen LogP contribution in [0.3, 0.4) is 0 Å². The summed E-state index contributed by atoms with van der Waals surface area (Å²) in [5.74, 6) is 1.67. The zero-order valence-corrected chi connectivity index (χ0v) is 18.8. The average Bonchev–Trinajstić information content (AvgIpc) is 3.16. The molecule has 7 heteroatoms. The number of thioether (sulfide) groups is 1. The normalized spacial score (nSPS) is 11.0. The summed E-state index contributed by atoms with van der Waals surface area (Å²) >= 11 is 1.20. The van der Waals surface area contributed by atoms with Crippen LogP contribution in [-0.2, 0) is 11.4 Å². The van der Waals surface area contributed by atoms with E-state index in [1.54, 1.807) is 0 Å². The highest BCUT2D eigenvalue weighted by Gasteiger charge is 2.12. The van der Waals surface area contributed by atoms with E-state index in [1.165, 1.54) is 22.9 Å². The van der Waals surface area contributed by atoms with Gasteiger partial charge < -0.3 is 14.5 Å². The van der Waals surface area contributed by atoms with E-state index < -0.39 is 0 Å². The summed E-state index contributed by atoms with van der Waals surface area (Å²) in [7, 11) is 0. The Balaban J connectivity index is 1.49. The maximum Gasteiger partial charge on any atom is 0.277 e. The fraction of sp³-hybridized carbons (Fsp3) is 0.348. The number of amides is 1. The lowest BCUT2D eigenvalue weighted by Crippen LogP contribution is -2.15.